The lowest BCUT2D eigenvalue weighted by molar-refractivity contribution is 0.0269. The van der Waals surface area contributed by atoms with Crippen molar-refractivity contribution in [3.05, 3.63) is 107 Å². The van der Waals surface area contributed by atoms with E-state index in [1.165, 1.54) is 83.1 Å². The fourth-order valence-corrected chi connectivity index (χ4v) is 11.7. The summed E-state index contributed by atoms with van der Waals surface area (Å²) in [4.78, 5) is 14.7. The Bertz CT molecular complexity index is 2610. The molecule has 0 radical (unpaired) electrons. The maximum Gasteiger partial charge on any atom is 0.394 e. The minimum absolute atomic E-state index is 0.148. The molecule has 6 aliphatic rings. The topological polar surface area (TPSA) is 169 Å². The molecular weight excluding hydrogens is 769 g/mol. The fraction of sp³-hybridized carbons (Fsp3) is 0.455. The van der Waals surface area contributed by atoms with Gasteiger partial charge < -0.3 is 18.2 Å². The SMILES string of the molecule is CC[C@@]12C=C(c3nc(C)no3)n3c4c(c5ccccc53)CCN(CCC1)[C@H]42.CC[C@@]12C=C(c3nc(C)no3)n3c4c(c5ccccc53)CCN(CCC1)[C@H]42.O=S(=O)(O)O. The van der Waals surface area contributed by atoms with Gasteiger partial charge in [-0.2, -0.15) is 18.4 Å². The number of hydrogen-bond acceptors (Lipinski definition) is 10. The van der Waals surface area contributed by atoms with Gasteiger partial charge in [0, 0.05) is 46.1 Å². The molecule has 59 heavy (non-hydrogen) atoms. The Labute approximate surface area is 343 Å². The molecule has 0 aliphatic carbocycles. The zero-order valence-corrected chi connectivity index (χ0v) is 34.7. The monoisotopic (exact) mass is 818 g/mol. The Morgan fingerprint density at radius 1 is 0.678 bits per heavy atom. The second kappa shape index (κ2) is 14.1. The lowest BCUT2D eigenvalue weighted by atomic mass is 9.66. The predicted molar refractivity (Wildman–Crippen MR) is 223 cm³/mol. The lowest BCUT2D eigenvalue weighted by Gasteiger charge is -2.53. The van der Waals surface area contributed by atoms with Gasteiger partial charge in [0.05, 0.1) is 23.1 Å². The van der Waals surface area contributed by atoms with Crippen molar-refractivity contribution in [2.75, 3.05) is 26.2 Å². The van der Waals surface area contributed by atoms with E-state index in [-0.39, 0.29) is 10.8 Å². The largest absolute Gasteiger partial charge is 0.394 e. The highest BCUT2D eigenvalue weighted by molar-refractivity contribution is 7.79. The van der Waals surface area contributed by atoms with E-state index in [4.69, 9.17) is 26.6 Å². The van der Waals surface area contributed by atoms with Crippen LogP contribution in [-0.2, 0) is 23.2 Å². The smallest absolute Gasteiger partial charge is 0.332 e. The van der Waals surface area contributed by atoms with Crippen molar-refractivity contribution in [1.29, 1.82) is 0 Å². The second-order valence-corrected chi connectivity index (χ2v) is 17.9. The van der Waals surface area contributed by atoms with E-state index in [9.17, 15) is 0 Å². The van der Waals surface area contributed by atoms with Gasteiger partial charge in [-0.1, -0.05) is 60.6 Å². The molecule has 2 N–H and O–H groups in total. The molecule has 2 aromatic carbocycles. The third-order valence-electron chi connectivity index (χ3n) is 14.0. The van der Waals surface area contributed by atoms with E-state index in [2.05, 4.69) is 114 Å². The molecule has 2 saturated heterocycles. The molecule has 0 amide bonds. The molecule has 15 heteroatoms. The lowest BCUT2D eigenvalue weighted by Crippen LogP contribution is -2.50. The van der Waals surface area contributed by atoms with Crippen LogP contribution in [0.25, 0.3) is 33.2 Å². The van der Waals surface area contributed by atoms with Gasteiger partial charge in [-0.15, -0.1) is 0 Å². The Morgan fingerprint density at radius 3 is 1.46 bits per heavy atom. The summed E-state index contributed by atoms with van der Waals surface area (Å²) in [6.07, 6.45) is 14.4. The number of para-hydroxylation sites is 2. The minimum atomic E-state index is -4.67. The molecule has 4 aromatic heterocycles. The number of benzene rings is 2. The van der Waals surface area contributed by atoms with Crippen molar-refractivity contribution in [1.82, 2.24) is 39.2 Å². The summed E-state index contributed by atoms with van der Waals surface area (Å²) >= 11 is 0. The number of nitrogens with zero attached hydrogens (tertiary/aromatic N) is 8. The molecule has 12 rings (SSSR count). The van der Waals surface area contributed by atoms with Crippen LogP contribution < -0.4 is 0 Å². The number of aromatic nitrogens is 6. The van der Waals surface area contributed by atoms with Gasteiger partial charge >= 0.3 is 10.4 Å². The average molecular weight is 819 g/mol. The summed E-state index contributed by atoms with van der Waals surface area (Å²) in [5.41, 5.74) is 11.0. The highest BCUT2D eigenvalue weighted by Crippen LogP contribution is 2.59. The standard InChI is InChI=1S/2C22H24N4O.H2O4S/c2*1-3-22-10-6-11-25-12-9-16-15-7-4-5-8-17(15)26(19(16)20(22)25)18(13-22)21-23-14(2)24-27-21;1-5(2,3)4/h2*4-5,7-8,13,20H,3,6,9-12H2,1-2H3;(H2,1,2,3,4)/t2*20-,22+;/m11./s1. The van der Waals surface area contributed by atoms with Crippen LogP contribution >= 0.6 is 0 Å². The number of aryl methyl sites for hydroxylation is 2. The maximum absolute atomic E-state index is 8.74. The molecule has 4 atom stereocenters. The number of piperidine rings is 2. The van der Waals surface area contributed by atoms with Crippen molar-refractivity contribution in [3.8, 4) is 0 Å². The summed E-state index contributed by atoms with van der Waals surface area (Å²) in [7, 11) is -4.67. The first-order chi connectivity index (χ1) is 28.4. The maximum atomic E-state index is 8.74. The molecule has 308 valence electrons. The van der Waals surface area contributed by atoms with Crippen LogP contribution in [-0.4, -0.2) is 82.9 Å². The van der Waals surface area contributed by atoms with E-state index >= 15 is 0 Å². The summed E-state index contributed by atoms with van der Waals surface area (Å²) in [5, 5.41) is 10.9. The van der Waals surface area contributed by atoms with Gasteiger partial charge in [0.1, 0.15) is 11.4 Å². The number of hydrogen-bond donors (Lipinski definition) is 2. The number of fused-ring (bicyclic) bond motifs is 6. The van der Waals surface area contributed by atoms with Crippen LogP contribution in [0.3, 0.4) is 0 Å². The number of rotatable bonds is 4. The summed E-state index contributed by atoms with van der Waals surface area (Å²) in [6, 6.07) is 18.5. The highest BCUT2D eigenvalue weighted by Gasteiger charge is 2.52. The van der Waals surface area contributed by atoms with Gasteiger partial charge in [0.15, 0.2) is 11.6 Å². The third kappa shape index (κ3) is 6.06. The average Bonchev–Trinajstić information content (AvgIpc) is 4.03. The van der Waals surface area contributed by atoms with Gasteiger partial charge in [0.25, 0.3) is 11.8 Å². The van der Waals surface area contributed by atoms with Crippen molar-refractivity contribution in [2.45, 2.75) is 91.1 Å². The van der Waals surface area contributed by atoms with E-state index < -0.39 is 10.4 Å². The Hall–Kier alpha value is -4.93. The molecule has 0 bridgehead atoms. The van der Waals surface area contributed by atoms with Gasteiger partial charge in [-0.3, -0.25) is 18.9 Å². The normalized spacial score (nSPS) is 25.6. The van der Waals surface area contributed by atoms with Gasteiger partial charge in [0.2, 0.25) is 0 Å². The third-order valence-corrected chi connectivity index (χ3v) is 14.0. The quantitative estimate of drug-likeness (QED) is 0.165. The van der Waals surface area contributed by atoms with Crippen LogP contribution in [0.4, 0.5) is 0 Å². The first kappa shape index (κ1) is 38.3. The fourth-order valence-electron chi connectivity index (χ4n) is 11.7. The van der Waals surface area contributed by atoms with Crippen molar-refractivity contribution in [2.24, 2.45) is 10.8 Å². The molecule has 6 aromatic rings. The first-order valence-electron chi connectivity index (χ1n) is 20.9. The van der Waals surface area contributed by atoms with Crippen LogP contribution in [0.15, 0.2) is 69.7 Å². The molecule has 0 saturated carbocycles. The zero-order valence-electron chi connectivity index (χ0n) is 33.9. The summed E-state index contributed by atoms with van der Waals surface area (Å²) < 4.78 is 47.8. The Morgan fingerprint density at radius 2 is 1.08 bits per heavy atom. The molecular formula is C44H50N8O6S. The molecule has 10 heterocycles. The second-order valence-electron chi connectivity index (χ2n) is 17.0. The first-order valence-corrected chi connectivity index (χ1v) is 22.3. The van der Waals surface area contributed by atoms with Crippen molar-refractivity contribution >= 4 is 43.6 Å². The van der Waals surface area contributed by atoms with Gasteiger partial charge in [-0.25, -0.2) is 0 Å². The van der Waals surface area contributed by atoms with Gasteiger partial charge in [-0.05, 0) is 114 Å². The summed E-state index contributed by atoms with van der Waals surface area (Å²) in [6.45, 7) is 13.2. The van der Waals surface area contributed by atoms with E-state index in [0.717, 1.165) is 50.2 Å². The van der Waals surface area contributed by atoms with Crippen LogP contribution in [0.5, 0.6) is 0 Å². The Balaban J connectivity index is 0.000000128. The highest BCUT2D eigenvalue weighted by atomic mass is 32.3. The van der Waals surface area contributed by atoms with E-state index in [1.807, 2.05) is 13.8 Å². The van der Waals surface area contributed by atoms with E-state index in [0.29, 0.717) is 35.5 Å². The van der Waals surface area contributed by atoms with Crippen LogP contribution in [0, 0.1) is 24.7 Å². The summed E-state index contributed by atoms with van der Waals surface area (Å²) in [5.74, 6) is 2.67. The van der Waals surface area contributed by atoms with Crippen molar-refractivity contribution in [3.63, 3.8) is 0 Å². The van der Waals surface area contributed by atoms with Crippen LogP contribution in [0.2, 0.25) is 0 Å². The predicted octanol–water partition coefficient (Wildman–Crippen LogP) is 8.00. The molecule has 2 fully saturated rings. The van der Waals surface area contributed by atoms with Crippen molar-refractivity contribution < 1.29 is 26.6 Å². The minimum Gasteiger partial charge on any atom is -0.332 e. The van der Waals surface area contributed by atoms with E-state index in [1.54, 1.807) is 0 Å². The van der Waals surface area contributed by atoms with Crippen LogP contribution in [0.1, 0.15) is 110 Å². The Kier molecular flexibility index (Phi) is 9.14. The molecule has 0 spiro atoms. The molecule has 14 nitrogen and oxygen atoms in total. The molecule has 6 aliphatic heterocycles. The molecule has 0 unspecified atom stereocenters. The zero-order chi connectivity index (χ0) is 40.8.